The van der Waals surface area contributed by atoms with Crippen LogP contribution in [0.25, 0.3) is 11.0 Å². The second-order valence-corrected chi connectivity index (χ2v) is 5.18. The van der Waals surface area contributed by atoms with E-state index in [0.717, 1.165) is 43.5 Å². The third kappa shape index (κ3) is 4.04. The highest BCUT2D eigenvalue weighted by Crippen LogP contribution is 2.19. The minimum absolute atomic E-state index is 0.0347. The Morgan fingerprint density at radius 2 is 2.10 bits per heavy atom. The summed E-state index contributed by atoms with van der Waals surface area (Å²) in [6, 6.07) is 4.00. The van der Waals surface area contributed by atoms with Crippen LogP contribution in [0.3, 0.4) is 0 Å². The summed E-state index contributed by atoms with van der Waals surface area (Å²) in [5, 5.41) is 7.42. The van der Waals surface area contributed by atoms with Crippen LogP contribution < -0.4 is 10.6 Å². The van der Waals surface area contributed by atoms with Gasteiger partial charge in [0.25, 0.3) is 0 Å². The van der Waals surface area contributed by atoms with E-state index >= 15 is 0 Å². The molecule has 1 amide bonds. The summed E-state index contributed by atoms with van der Waals surface area (Å²) in [5.74, 6) is 0.0347. The predicted molar refractivity (Wildman–Crippen MR) is 85.0 cm³/mol. The summed E-state index contributed by atoms with van der Waals surface area (Å²) in [5.41, 5.74) is 2.06. The van der Waals surface area contributed by atoms with Gasteiger partial charge in [0.15, 0.2) is 0 Å². The maximum Gasteiger partial charge on any atom is 0.239 e. The second kappa shape index (κ2) is 7.78. The maximum absolute atomic E-state index is 11.9. The molecular formula is C16H24N4O. The molecule has 2 heterocycles. The molecule has 0 aliphatic rings. The Bertz CT molecular complexity index is 591. The Morgan fingerprint density at radius 1 is 1.29 bits per heavy atom. The molecule has 0 aliphatic heterocycles. The predicted octanol–water partition coefficient (Wildman–Crippen LogP) is 2.06. The van der Waals surface area contributed by atoms with Gasteiger partial charge in [-0.15, -0.1) is 0 Å². The SMILES string of the molecule is CCCNCc1cn(CC(=O)NCCC)c2ncccc12. The summed E-state index contributed by atoms with van der Waals surface area (Å²) >= 11 is 0. The molecule has 0 spiro atoms. The van der Waals surface area contributed by atoms with Crippen molar-refractivity contribution in [3.8, 4) is 0 Å². The molecule has 0 aromatic carbocycles. The second-order valence-electron chi connectivity index (χ2n) is 5.18. The fourth-order valence-electron chi connectivity index (χ4n) is 2.33. The van der Waals surface area contributed by atoms with Crippen LogP contribution in [0.5, 0.6) is 0 Å². The van der Waals surface area contributed by atoms with E-state index in [2.05, 4.69) is 28.6 Å². The molecule has 114 valence electrons. The molecule has 0 fully saturated rings. The Labute approximate surface area is 125 Å². The Hall–Kier alpha value is -1.88. The van der Waals surface area contributed by atoms with Gasteiger partial charge in [0.05, 0.1) is 0 Å². The van der Waals surface area contributed by atoms with Crippen molar-refractivity contribution in [2.45, 2.75) is 39.8 Å². The van der Waals surface area contributed by atoms with Gasteiger partial charge in [0, 0.05) is 30.9 Å². The zero-order chi connectivity index (χ0) is 15.1. The highest BCUT2D eigenvalue weighted by atomic mass is 16.1. The number of nitrogens with zero attached hydrogens (tertiary/aromatic N) is 2. The van der Waals surface area contributed by atoms with E-state index in [4.69, 9.17) is 0 Å². The van der Waals surface area contributed by atoms with Crippen LogP contribution in [-0.2, 0) is 17.9 Å². The average molecular weight is 288 g/mol. The summed E-state index contributed by atoms with van der Waals surface area (Å²) < 4.78 is 1.93. The normalized spacial score (nSPS) is 11.0. The van der Waals surface area contributed by atoms with E-state index in [1.807, 2.05) is 23.8 Å². The van der Waals surface area contributed by atoms with Gasteiger partial charge in [-0.3, -0.25) is 4.79 Å². The minimum Gasteiger partial charge on any atom is -0.355 e. The molecule has 0 saturated carbocycles. The van der Waals surface area contributed by atoms with Crippen molar-refractivity contribution in [2.75, 3.05) is 13.1 Å². The van der Waals surface area contributed by atoms with Gasteiger partial charge in [0.2, 0.25) is 5.91 Å². The molecule has 21 heavy (non-hydrogen) atoms. The van der Waals surface area contributed by atoms with Crippen molar-refractivity contribution < 1.29 is 4.79 Å². The van der Waals surface area contributed by atoms with Crippen LogP contribution in [-0.4, -0.2) is 28.5 Å². The number of amides is 1. The molecule has 0 radical (unpaired) electrons. The molecule has 0 saturated heterocycles. The lowest BCUT2D eigenvalue weighted by atomic mass is 10.2. The third-order valence-corrected chi connectivity index (χ3v) is 3.34. The summed E-state index contributed by atoms with van der Waals surface area (Å²) in [7, 11) is 0. The number of aromatic nitrogens is 2. The Balaban J connectivity index is 2.17. The monoisotopic (exact) mass is 288 g/mol. The van der Waals surface area contributed by atoms with Crippen LogP contribution in [0.1, 0.15) is 32.3 Å². The van der Waals surface area contributed by atoms with Gasteiger partial charge in [-0.05, 0) is 37.1 Å². The fraction of sp³-hybridized carbons (Fsp3) is 0.500. The zero-order valence-corrected chi connectivity index (χ0v) is 12.9. The highest BCUT2D eigenvalue weighted by Gasteiger charge is 2.11. The first kappa shape index (κ1) is 15.5. The zero-order valence-electron chi connectivity index (χ0n) is 12.9. The summed E-state index contributed by atoms with van der Waals surface area (Å²) in [6.07, 6.45) is 5.86. The van der Waals surface area contributed by atoms with Gasteiger partial charge in [-0.2, -0.15) is 0 Å². The number of pyridine rings is 1. The lowest BCUT2D eigenvalue weighted by molar-refractivity contribution is -0.121. The summed E-state index contributed by atoms with van der Waals surface area (Å²) in [4.78, 5) is 16.3. The average Bonchev–Trinajstić information content (AvgIpc) is 2.84. The van der Waals surface area contributed by atoms with Crippen LogP contribution in [0, 0.1) is 0 Å². The van der Waals surface area contributed by atoms with Gasteiger partial charge in [-0.1, -0.05) is 13.8 Å². The van der Waals surface area contributed by atoms with E-state index in [-0.39, 0.29) is 5.91 Å². The number of hydrogen-bond acceptors (Lipinski definition) is 3. The first-order chi connectivity index (χ1) is 10.3. The molecule has 2 aromatic rings. The number of rotatable bonds is 8. The topological polar surface area (TPSA) is 59.0 Å². The highest BCUT2D eigenvalue weighted by molar-refractivity contribution is 5.83. The van der Waals surface area contributed by atoms with E-state index in [9.17, 15) is 4.79 Å². The number of nitrogens with one attached hydrogen (secondary N) is 2. The van der Waals surface area contributed by atoms with Crippen molar-refractivity contribution in [3.05, 3.63) is 30.1 Å². The lowest BCUT2D eigenvalue weighted by Gasteiger charge is -2.05. The molecule has 0 aliphatic carbocycles. The van der Waals surface area contributed by atoms with Gasteiger partial charge in [0.1, 0.15) is 12.2 Å². The first-order valence-corrected chi connectivity index (χ1v) is 7.66. The van der Waals surface area contributed by atoms with E-state index < -0.39 is 0 Å². The molecule has 0 unspecified atom stereocenters. The number of fused-ring (bicyclic) bond motifs is 1. The standard InChI is InChI=1S/C16H24N4O/c1-3-7-17-10-13-11-20(12-15(21)18-8-4-2)16-14(13)6-5-9-19-16/h5-6,9,11,17H,3-4,7-8,10,12H2,1-2H3,(H,18,21). The molecule has 5 nitrogen and oxygen atoms in total. The molecule has 0 bridgehead atoms. The van der Waals surface area contributed by atoms with Gasteiger partial charge < -0.3 is 15.2 Å². The van der Waals surface area contributed by atoms with Crippen LogP contribution in [0.2, 0.25) is 0 Å². The lowest BCUT2D eigenvalue weighted by Crippen LogP contribution is -2.27. The van der Waals surface area contributed by atoms with Crippen LogP contribution in [0.4, 0.5) is 0 Å². The van der Waals surface area contributed by atoms with Crippen molar-refractivity contribution in [1.29, 1.82) is 0 Å². The van der Waals surface area contributed by atoms with Gasteiger partial charge >= 0.3 is 0 Å². The smallest absolute Gasteiger partial charge is 0.239 e. The quantitative estimate of drug-likeness (QED) is 0.731. The number of carbonyl (C=O) groups excluding carboxylic acids is 1. The molecule has 5 heteroatoms. The molecule has 2 N–H and O–H groups in total. The van der Waals surface area contributed by atoms with E-state index in [1.165, 1.54) is 5.56 Å². The first-order valence-electron chi connectivity index (χ1n) is 7.66. The maximum atomic E-state index is 11.9. The third-order valence-electron chi connectivity index (χ3n) is 3.34. The molecular weight excluding hydrogens is 264 g/mol. The minimum atomic E-state index is 0.0347. The van der Waals surface area contributed by atoms with E-state index in [1.54, 1.807) is 6.20 Å². The van der Waals surface area contributed by atoms with Crippen molar-refractivity contribution >= 4 is 16.9 Å². The van der Waals surface area contributed by atoms with E-state index in [0.29, 0.717) is 6.54 Å². The van der Waals surface area contributed by atoms with Crippen LogP contribution >= 0.6 is 0 Å². The molecule has 0 atom stereocenters. The Kier molecular flexibility index (Phi) is 5.75. The van der Waals surface area contributed by atoms with Crippen molar-refractivity contribution in [3.63, 3.8) is 0 Å². The number of hydrogen-bond donors (Lipinski definition) is 2. The van der Waals surface area contributed by atoms with Crippen LogP contribution in [0.15, 0.2) is 24.5 Å². The van der Waals surface area contributed by atoms with Crippen molar-refractivity contribution in [1.82, 2.24) is 20.2 Å². The molecule has 2 rings (SSSR count). The van der Waals surface area contributed by atoms with Gasteiger partial charge in [-0.25, -0.2) is 4.98 Å². The Morgan fingerprint density at radius 3 is 2.86 bits per heavy atom. The molecule has 2 aromatic heterocycles. The summed E-state index contributed by atoms with van der Waals surface area (Å²) in [6.45, 7) is 7.03. The van der Waals surface area contributed by atoms with Crippen molar-refractivity contribution in [2.24, 2.45) is 0 Å². The largest absolute Gasteiger partial charge is 0.355 e. The fourth-order valence-corrected chi connectivity index (χ4v) is 2.33. The number of carbonyl (C=O) groups is 1.